The topological polar surface area (TPSA) is 55.2 Å². The first-order chi connectivity index (χ1) is 9.45. The highest BCUT2D eigenvalue weighted by molar-refractivity contribution is 5.64. The molecule has 0 amide bonds. The lowest BCUT2D eigenvalue weighted by Gasteiger charge is -2.13. The van der Waals surface area contributed by atoms with E-state index >= 15 is 0 Å². The fourth-order valence-corrected chi connectivity index (χ4v) is 1.96. The zero-order valence-electron chi connectivity index (χ0n) is 11.3. The van der Waals surface area contributed by atoms with Gasteiger partial charge in [-0.05, 0) is 12.0 Å². The Morgan fingerprint density at radius 3 is 2.45 bits per heavy atom. The van der Waals surface area contributed by atoms with Gasteiger partial charge in [-0.2, -0.15) is 0 Å². The molecule has 0 saturated heterocycles. The van der Waals surface area contributed by atoms with Crippen molar-refractivity contribution in [3.63, 3.8) is 0 Å². The second-order valence-electron chi connectivity index (χ2n) is 4.59. The quantitative estimate of drug-likeness (QED) is 0.937. The highest BCUT2D eigenvalue weighted by Crippen LogP contribution is 2.35. The van der Waals surface area contributed by atoms with Crippen LogP contribution >= 0.6 is 0 Å². The number of methoxy groups -OCH3 is 1. The lowest BCUT2D eigenvalue weighted by atomic mass is 9.98. The lowest BCUT2D eigenvalue weighted by Crippen LogP contribution is -2.01. The molecule has 0 spiro atoms. The molecule has 20 heavy (non-hydrogen) atoms. The zero-order chi connectivity index (χ0) is 14.9. The van der Waals surface area contributed by atoms with Crippen LogP contribution in [0.25, 0.3) is 11.3 Å². The van der Waals surface area contributed by atoms with Crippen molar-refractivity contribution in [2.45, 2.75) is 19.8 Å². The summed E-state index contributed by atoms with van der Waals surface area (Å²) in [6.07, 6.45) is 1.18. The van der Waals surface area contributed by atoms with Crippen LogP contribution in [0, 0.1) is 11.6 Å². The molecule has 6 heteroatoms. The molecule has 2 rings (SSSR count). The van der Waals surface area contributed by atoms with Gasteiger partial charge < -0.3 is 9.84 Å². The van der Waals surface area contributed by atoms with E-state index in [-0.39, 0.29) is 34.4 Å². The largest absolute Gasteiger partial charge is 0.508 e. The van der Waals surface area contributed by atoms with E-state index < -0.39 is 11.6 Å². The van der Waals surface area contributed by atoms with Crippen LogP contribution < -0.4 is 4.74 Å². The van der Waals surface area contributed by atoms with Crippen molar-refractivity contribution in [1.29, 1.82) is 0 Å². The number of hydrogen-bond acceptors (Lipinski definition) is 4. The van der Waals surface area contributed by atoms with Gasteiger partial charge in [0.15, 0.2) is 11.6 Å². The molecule has 0 fully saturated rings. The minimum absolute atomic E-state index is 0.0488. The van der Waals surface area contributed by atoms with Crippen molar-refractivity contribution >= 4 is 0 Å². The summed E-state index contributed by atoms with van der Waals surface area (Å²) in [6, 6.07) is 2.53. The van der Waals surface area contributed by atoms with Gasteiger partial charge in [0.05, 0.1) is 12.8 Å². The Morgan fingerprint density at radius 1 is 1.15 bits per heavy atom. The van der Waals surface area contributed by atoms with Crippen molar-refractivity contribution in [2.24, 2.45) is 0 Å². The van der Waals surface area contributed by atoms with E-state index in [2.05, 4.69) is 9.97 Å². The van der Waals surface area contributed by atoms with Gasteiger partial charge in [0.25, 0.3) is 0 Å². The monoisotopic (exact) mass is 280 g/mol. The molecule has 0 radical (unpaired) electrons. The molecular formula is C14H14F2N2O2. The smallest absolute Gasteiger partial charge is 0.216 e. The molecule has 0 bridgehead atoms. The van der Waals surface area contributed by atoms with Crippen LogP contribution in [0.15, 0.2) is 18.5 Å². The number of nitrogens with zero attached hydrogens (tertiary/aromatic N) is 2. The van der Waals surface area contributed by atoms with Crippen LogP contribution in [-0.2, 0) is 0 Å². The Balaban J connectivity index is 2.64. The van der Waals surface area contributed by atoms with Gasteiger partial charge in [0.2, 0.25) is 5.88 Å². The van der Waals surface area contributed by atoms with Gasteiger partial charge >= 0.3 is 0 Å². The van der Waals surface area contributed by atoms with Crippen molar-refractivity contribution in [3.05, 3.63) is 35.7 Å². The molecule has 0 aliphatic heterocycles. The Bertz CT molecular complexity index is 645. The molecule has 0 aliphatic carbocycles. The number of hydrogen-bond donors (Lipinski definition) is 1. The third-order valence-corrected chi connectivity index (χ3v) is 2.93. The summed E-state index contributed by atoms with van der Waals surface area (Å²) < 4.78 is 33.1. The van der Waals surface area contributed by atoms with Gasteiger partial charge in [-0.25, -0.2) is 18.7 Å². The third-order valence-electron chi connectivity index (χ3n) is 2.93. The lowest BCUT2D eigenvalue weighted by molar-refractivity contribution is 0.397. The van der Waals surface area contributed by atoms with E-state index in [0.29, 0.717) is 0 Å². The average molecular weight is 280 g/mol. The van der Waals surface area contributed by atoms with E-state index in [9.17, 15) is 13.9 Å². The minimum Gasteiger partial charge on any atom is -0.508 e. The van der Waals surface area contributed by atoms with Crippen LogP contribution in [-0.4, -0.2) is 22.2 Å². The number of benzene rings is 1. The summed E-state index contributed by atoms with van der Waals surface area (Å²) in [6.45, 7) is 3.34. The Morgan fingerprint density at radius 2 is 1.85 bits per heavy atom. The number of halogens is 2. The Labute approximate surface area is 115 Å². The molecule has 0 aliphatic rings. The SMILES string of the molecule is COc1cc(-c2cc(O)c(C(C)C)c(F)c2F)ncn1. The second kappa shape index (κ2) is 5.40. The summed E-state index contributed by atoms with van der Waals surface area (Å²) in [5.74, 6) is -2.52. The van der Waals surface area contributed by atoms with E-state index in [1.54, 1.807) is 13.8 Å². The van der Waals surface area contributed by atoms with E-state index in [0.717, 1.165) is 6.07 Å². The predicted molar refractivity (Wildman–Crippen MR) is 69.7 cm³/mol. The van der Waals surface area contributed by atoms with Gasteiger partial charge in [-0.1, -0.05) is 13.8 Å². The fraction of sp³-hybridized carbons (Fsp3) is 0.286. The number of phenolic OH excluding ortho intramolecular Hbond substituents is 1. The highest BCUT2D eigenvalue weighted by Gasteiger charge is 2.22. The average Bonchev–Trinajstić information content (AvgIpc) is 2.42. The number of ether oxygens (including phenoxy) is 1. The Hall–Kier alpha value is -2.24. The maximum atomic E-state index is 14.1. The van der Waals surface area contributed by atoms with Crippen LogP contribution in [0.2, 0.25) is 0 Å². The van der Waals surface area contributed by atoms with Gasteiger partial charge in [-0.3, -0.25) is 0 Å². The normalized spacial score (nSPS) is 10.9. The molecule has 2 aromatic rings. The van der Waals surface area contributed by atoms with Crippen molar-refractivity contribution in [3.8, 4) is 22.9 Å². The number of aromatic nitrogens is 2. The number of phenols is 1. The van der Waals surface area contributed by atoms with Crippen molar-refractivity contribution in [2.75, 3.05) is 7.11 Å². The molecule has 4 nitrogen and oxygen atoms in total. The van der Waals surface area contributed by atoms with E-state index in [4.69, 9.17) is 4.74 Å². The molecule has 1 aromatic carbocycles. The van der Waals surface area contributed by atoms with Gasteiger partial charge in [0, 0.05) is 17.2 Å². The molecular weight excluding hydrogens is 266 g/mol. The first kappa shape index (κ1) is 14.2. The molecule has 0 saturated carbocycles. The van der Waals surface area contributed by atoms with Gasteiger partial charge in [-0.15, -0.1) is 0 Å². The summed E-state index contributed by atoms with van der Waals surface area (Å²) in [4.78, 5) is 7.66. The molecule has 0 atom stereocenters. The summed E-state index contributed by atoms with van der Waals surface area (Å²) in [7, 11) is 1.41. The molecule has 106 valence electrons. The molecule has 1 aromatic heterocycles. The Kier molecular flexibility index (Phi) is 3.83. The molecule has 1 heterocycles. The summed E-state index contributed by atoms with van der Waals surface area (Å²) in [5, 5.41) is 9.87. The molecule has 1 N–H and O–H groups in total. The van der Waals surface area contributed by atoms with Crippen molar-refractivity contribution < 1.29 is 18.6 Å². The van der Waals surface area contributed by atoms with Crippen LogP contribution in [0.4, 0.5) is 8.78 Å². The predicted octanol–water partition coefficient (Wildman–Crippen LogP) is 3.26. The maximum Gasteiger partial charge on any atom is 0.216 e. The van der Waals surface area contributed by atoms with Crippen molar-refractivity contribution in [1.82, 2.24) is 9.97 Å². The third kappa shape index (κ3) is 2.41. The maximum absolute atomic E-state index is 14.1. The number of rotatable bonds is 3. The first-order valence-electron chi connectivity index (χ1n) is 6.03. The summed E-state index contributed by atoms with van der Waals surface area (Å²) in [5.41, 5.74) is -0.0452. The second-order valence-corrected chi connectivity index (χ2v) is 4.59. The van der Waals surface area contributed by atoms with E-state index in [1.165, 1.54) is 19.5 Å². The van der Waals surface area contributed by atoms with Crippen LogP contribution in [0.5, 0.6) is 11.6 Å². The van der Waals surface area contributed by atoms with E-state index in [1.807, 2.05) is 0 Å². The summed E-state index contributed by atoms with van der Waals surface area (Å²) >= 11 is 0. The first-order valence-corrected chi connectivity index (χ1v) is 6.03. The van der Waals surface area contributed by atoms with Crippen LogP contribution in [0.1, 0.15) is 25.3 Å². The zero-order valence-corrected chi connectivity index (χ0v) is 11.3. The molecule has 0 unspecified atom stereocenters. The number of aromatic hydroxyl groups is 1. The highest BCUT2D eigenvalue weighted by atomic mass is 19.2. The standard InChI is InChI=1S/C14H14F2N2O2/c1-7(2)12-10(19)4-8(13(15)14(12)16)9-5-11(20-3)18-6-17-9/h4-7,19H,1-3H3. The van der Waals surface area contributed by atoms with Crippen LogP contribution in [0.3, 0.4) is 0 Å². The minimum atomic E-state index is -1.06. The van der Waals surface area contributed by atoms with Gasteiger partial charge in [0.1, 0.15) is 12.1 Å². The fourth-order valence-electron chi connectivity index (χ4n) is 1.96.